The lowest BCUT2D eigenvalue weighted by molar-refractivity contribution is -0.145. The number of carbonyl (C=O) groups excluding carboxylic acids is 1. The van der Waals surface area contributed by atoms with Crippen molar-refractivity contribution in [2.75, 3.05) is 0 Å². The molecule has 2 aromatic heterocycles. The normalized spacial score (nSPS) is 10.9. The third kappa shape index (κ3) is 3.83. The van der Waals surface area contributed by atoms with Crippen LogP contribution >= 0.6 is 22.9 Å². The van der Waals surface area contributed by atoms with E-state index in [1.165, 1.54) is 22.2 Å². The monoisotopic (exact) mass is 410 g/mol. The summed E-state index contributed by atoms with van der Waals surface area (Å²) in [4.78, 5) is 30.1. The van der Waals surface area contributed by atoms with E-state index in [9.17, 15) is 9.59 Å². The van der Waals surface area contributed by atoms with Crippen molar-refractivity contribution in [2.24, 2.45) is 0 Å². The Morgan fingerprint density at radius 3 is 2.61 bits per heavy atom. The number of aromatic nitrogens is 2. The van der Waals surface area contributed by atoms with Gasteiger partial charge in [-0.3, -0.25) is 14.2 Å². The Morgan fingerprint density at radius 1 is 1.11 bits per heavy atom. The van der Waals surface area contributed by atoms with Crippen molar-refractivity contribution in [1.82, 2.24) is 9.55 Å². The molecule has 0 bridgehead atoms. The maximum atomic E-state index is 13.0. The van der Waals surface area contributed by atoms with Gasteiger partial charge in [0, 0.05) is 16.0 Å². The highest BCUT2D eigenvalue weighted by Gasteiger charge is 2.15. The summed E-state index contributed by atoms with van der Waals surface area (Å²) >= 11 is 7.34. The number of hydrogen-bond acceptors (Lipinski definition) is 5. The number of benzene rings is 2. The molecular formula is C21H15ClN2O3S. The predicted molar refractivity (Wildman–Crippen MR) is 111 cm³/mol. The maximum absolute atomic E-state index is 13.0. The van der Waals surface area contributed by atoms with Crippen LogP contribution in [0.4, 0.5) is 0 Å². The average molecular weight is 411 g/mol. The third-order valence-corrected chi connectivity index (χ3v) is 5.40. The number of nitrogens with zero attached hydrogens (tertiary/aromatic N) is 2. The van der Waals surface area contributed by atoms with E-state index in [1.807, 2.05) is 47.8 Å². The van der Waals surface area contributed by atoms with Crippen LogP contribution in [0.3, 0.4) is 0 Å². The van der Waals surface area contributed by atoms with Crippen molar-refractivity contribution in [2.45, 2.75) is 13.2 Å². The van der Waals surface area contributed by atoms with E-state index in [4.69, 9.17) is 16.3 Å². The van der Waals surface area contributed by atoms with Gasteiger partial charge in [0.05, 0.1) is 11.7 Å². The van der Waals surface area contributed by atoms with Crippen molar-refractivity contribution in [3.05, 3.63) is 87.2 Å². The Labute approximate surface area is 169 Å². The van der Waals surface area contributed by atoms with Crippen molar-refractivity contribution in [3.63, 3.8) is 0 Å². The molecule has 0 fully saturated rings. The van der Waals surface area contributed by atoms with Gasteiger partial charge >= 0.3 is 5.97 Å². The molecule has 0 spiro atoms. The molecule has 0 N–H and O–H groups in total. The fourth-order valence-corrected chi connectivity index (χ4v) is 3.88. The minimum atomic E-state index is -0.490. The SMILES string of the molecule is O=C(Cn1cnc2scc(-c3ccc(Cl)cc3)c2c1=O)OCc1ccccc1. The van der Waals surface area contributed by atoms with Crippen LogP contribution in [-0.2, 0) is 22.7 Å². The summed E-state index contributed by atoms with van der Waals surface area (Å²) < 4.78 is 6.55. The first kappa shape index (κ1) is 18.4. The number of esters is 1. The molecule has 0 radical (unpaired) electrons. The lowest BCUT2D eigenvalue weighted by Crippen LogP contribution is -2.25. The minimum absolute atomic E-state index is 0.165. The van der Waals surface area contributed by atoms with Crippen LogP contribution in [0, 0.1) is 0 Å². The largest absolute Gasteiger partial charge is 0.459 e. The van der Waals surface area contributed by atoms with Crippen LogP contribution < -0.4 is 5.56 Å². The van der Waals surface area contributed by atoms with Crippen molar-refractivity contribution in [1.29, 1.82) is 0 Å². The van der Waals surface area contributed by atoms with Gasteiger partial charge in [-0.1, -0.05) is 54.1 Å². The fraction of sp³-hybridized carbons (Fsp3) is 0.0952. The van der Waals surface area contributed by atoms with E-state index in [2.05, 4.69) is 4.98 Å². The Bertz CT molecular complexity index is 1180. The number of fused-ring (bicyclic) bond motifs is 1. The lowest BCUT2D eigenvalue weighted by atomic mass is 10.1. The summed E-state index contributed by atoms with van der Waals surface area (Å²) in [6.07, 6.45) is 1.39. The number of ether oxygens (including phenoxy) is 1. The standard InChI is InChI=1S/C21H15ClN2O3S/c22-16-8-6-15(7-9-16)17-12-28-20-19(17)21(26)24(13-23-20)10-18(25)27-11-14-4-2-1-3-5-14/h1-9,12-13H,10-11H2. The molecule has 0 aliphatic heterocycles. The average Bonchev–Trinajstić information content (AvgIpc) is 3.15. The number of halogens is 1. The number of hydrogen-bond donors (Lipinski definition) is 0. The lowest BCUT2D eigenvalue weighted by Gasteiger charge is -2.07. The van der Waals surface area contributed by atoms with Gasteiger partial charge in [-0.2, -0.15) is 0 Å². The number of carbonyl (C=O) groups is 1. The Kier molecular flexibility index (Phi) is 5.23. The smallest absolute Gasteiger partial charge is 0.326 e. The van der Waals surface area contributed by atoms with Crippen LogP contribution in [0.5, 0.6) is 0 Å². The second-order valence-corrected chi connectivity index (χ2v) is 7.45. The molecule has 2 heterocycles. The van der Waals surface area contributed by atoms with Gasteiger partial charge in [0.1, 0.15) is 18.0 Å². The van der Waals surface area contributed by atoms with E-state index >= 15 is 0 Å². The summed E-state index contributed by atoms with van der Waals surface area (Å²) in [6.45, 7) is -0.0247. The summed E-state index contributed by atoms with van der Waals surface area (Å²) in [7, 11) is 0. The molecule has 0 atom stereocenters. The van der Waals surface area contributed by atoms with E-state index in [0.29, 0.717) is 15.2 Å². The first-order valence-electron chi connectivity index (χ1n) is 8.54. The van der Waals surface area contributed by atoms with Gasteiger partial charge in [-0.05, 0) is 23.3 Å². The van der Waals surface area contributed by atoms with Crippen LogP contribution in [0.25, 0.3) is 21.3 Å². The zero-order valence-corrected chi connectivity index (χ0v) is 16.2. The van der Waals surface area contributed by atoms with Crippen LogP contribution in [0.15, 0.2) is 71.1 Å². The van der Waals surface area contributed by atoms with Crippen molar-refractivity contribution < 1.29 is 9.53 Å². The summed E-state index contributed by atoms with van der Waals surface area (Å²) in [5, 5.41) is 3.01. The van der Waals surface area contributed by atoms with Crippen LogP contribution in [0.1, 0.15) is 5.56 Å². The van der Waals surface area contributed by atoms with E-state index in [1.54, 1.807) is 12.1 Å². The molecule has 0 aliphatic rings. The van der Waals surface area contributed by atoms with Gasteiger partial charge in [0.25, 0.3) is 5.56 Å². The highest BCUT2D eigenvalue weighted by atomic mass is 35.5. The number of thiophene rings is 1. The van der Waals surface area contributed by atoms with E-state index in [0.717, 1.165) is 16.7 Å². The quantitative estimate of drug-likeness (QED) is 0.454. The first-order valence-corrected chi connectivity index (χ1v) is 9.80. The molecule has 7 heteroatoms. The molecule has 140 valence electrons. The first-order chi connectivity index (χ1) is 13.6. The van der Waals surface area contributed by atoms with Gasteiger partial charge in [-0.25, -0.2) is 4.98 Å². The van der Waals surface area contributed by atoms with Gasteiger partial charge in [0.2, 0.25) is 0 Å². The molecule has 28 heavy (non-hydrogen) atoms. The van der Waals surface area contributed by atoms with Crippen molar-refractivity contribution >= 4 is 39.1 Å². The predicted octanol–water partition coefficient (Wildman–Crippen LogP) is 4.52. The molecular weight excluding hydrogens is 396 g/mol. The molecule has 0 unspecified atom stereocenters. The van der Waals surface area contributed by atoms with Crippen LogP contribution in [-0.4, -0.2) is 15.5 Å². The molecule has 2 aromatic carbocycles. The highest BCUT2D eigenvalue weighted by Crippen LogP contribution is 2.31. The Balaban J connectivity index is 1.59. The second kappa shape index (κ2) is 7.96. The number of rotatable bonds is 5. The zero-order chi connectivity index (χ0) is 19.5. The van der Waals surface area contributed by atoms with Gasteiger partial charge in [-0.15, -0.1) is 11.3 Å². The Morgan fingerprint density at radius 2 is 1.86 bits per heavy atom. The van der Waals surface area contributed by atoms with Gasteiger partial charge in [0.15, 0.2) is 0 Å². The maximum Gasteiger partial charge on any atom is 0.326 e. The molecule has 0 aliphatic carbocycles. The molecule has 0 saturated heterocycles. The summed E-state index contributed by atoms with van der Waals surface area (Å²) in [5.41, 5.74) is 2.27. The summed E-state index contributed by atoms with van der Waals surface area (Å²) in [5.74, 6) is -0.490. The molecule has 5 nitrogen and oxygen atoms in total. The highest BCUT2D eigenvalue weighted by molar-refractivity contribution is 7.17. The fourth-order valence-electron chi connectivity index (χ4n) is 2.84. The molecule has 0 amide bonds. The third-order valence-electron chi connectivity index (χ3n) is 4.26. The summed E-state index contributed by atoms with van der Waals surface area (Å²) in [6, 6.07) is 16.6. The zero-order valence-electron chi connectivity index (χ0n) is 14.7. The van der Waals surface area contributed by atoms with Gasteiger partial charge < -0.3 is 4.74 Å². The van der Waals surface area contributed by atoms with E-state index in [-0.39, 0.29) is 18.7 Å². The second-order valence-electron chi connectivity index (χ2n) is 6.16. The minimum Gasteiger partial charge on any atom is -0.459 e. The van der Waals surface area contributed by atoms with Crippen LogP contribution in [0.2, 0.25) is 5.02 Å². The molecule has 0 saturated carbocycles. The molecule has 4 aromatic rings. The topological polar surface area (TPSA) is 61.2 Å². The Hall–Kier alpha value is -2.96. The van der Waals surface area contributed by atoms with E-state index < -0.39 is 5.97 Å². The van der Waals surface area contributed by atoms with Crippen molar-refractivity contribution in [3.8, 4) is 11.1 Å². The molecule has 4 rings (SSSR count).